The van der Waals surface area contributed by atoms with Crippen LogP contribution in [0.5, 0.6) is 0 Å². The molecule has 2 rings (SSSR count). The van der Waals surface area contributed by atoms with Crippen molar-refractivity contribution in [2.24, 2.45) is 4.99 Å². The number of benzene rings is 1. The first kappa shape index (κ1) is 12.1. The highest BCUT2D eigenvalue weighted by Gasteiger charge is 2.39. The molecule has 0 aliphatic carbocycles. The Kier molecular flexibility index (Phi) is 2.99. The van der Waals surface area contributed by atoms with E-state index in [1.165, 1.54) is 0 Å². The Bertz CT molecular complexity index is 570. The van der Waals surface area contributed by atoms with E-state index in [9.17, 15) is 9.90 Å². The quantitative estimate of drug-likeness (QED) is 0.879. The molecule has 1 aromatic carbocycles. The van der Waals surface area contributed by atoms with Crippen LogP contribution in [-0.4, -0.2) is 22.8 Å². The number of carboxylic acids is 1. The van der Waals surface area contributed by atoms with Gasteiger partial charge < -0.3 is 5.11 Å². The Morgan fingerprint density at radius 1 is 1.56 bits per heavy atom. The maximum absolute atomic E-state index is 11.5. The number of hydrogen-bond donors (Lipinski definition) is 1. The molecule has 4 heteroatoms. The summed E-state index contributed by atoms with van der Waals surface area (Å²) >= 11 is 0. The van der Waals surface area contributed by atoms with Gasteiger partial charge in [-0.05, 0) is 30.7 Å². The number of rotatable bonds is 3. The summed E-state index contributed by atoms with van der Waals surface area (Å²) in [6, 6.07) is 8.67. The van der Waals surface area contributed by atoms with Crippen molar-refractivity contribution in [1.29, 1.82) is 5.26 Å². The molecule has 1 N–H and O–H groups in total. The van der Waals surface area contributed by atoms with Gasteiger partial charge in [-0.25, -0.2) is 0 Å². The summed E-state index contributed by atoms with van der Waals surface area (Å²) in [5, 5.41) is 18.3. The van der Waals surface area contributed by atoms with Crippen molar-refractivity contribution in [2.45, 2.75) is 18.4 Å². The summed E-state index contributed by atoms with van der Waals surface area (Å²) in [6.45, 7) is 1.77. The first-order valence-corrected chi connectivity index (χ1v) is 5.53. The Morgan fingerprint density at radius 2 is 2.33 bits per heavy atom. The van der Waals surface area contributed by atoms with E-state index in [1.807, 2.05) is 6.07 Å². The summed E-state index contributed by atoms with van der Waals surface area (Å²) in [5.41, 5.74) is 0.251. The molecule has 0 amide bonds. The van der Waals surface area contributed by atoms with Gasteiger partial charge in [0.2, 0.25) is 0 Å². The zero-order valence-corrected chi connectivity index (χ0v) is 9.87. The fraction of sp³-hybridized carbons (Fsp3) is 0.214. The third-order valence-electron chi connectivity index (χ3n) is 3.05. The summed E-state index contributed by atoms with van der Waals surface area (Å²) < 4.78 is 0. The van der Waals surface area contributed by atoms with Gasteiger partial charge in [0.15, 0.2) is 0 Å². The SMILES string of the molecule is CC1(C(C(=O)O)c2cccc(C#N)c2)C=CC=N1. The first-order valence-electron chi connectivity index (χ1n) is 5.53. The second-order valence-corrected chi connectivity index (χ2v) is 4.37. The average Bonchev–Trinajstić information content (AvgIpc) is 2.76. The van der Waals surface area contributed by atoms with Gasteiger partial charge >= 0.3 is 5.97 Å². The zero-order valence-electron chi connectivity index (χ0n) is 9.87. The van der Waals surface area contributed by atoms with Crippen molar-refractivity contribution in [1.82, 2.24) is 0 Å². The van der Waals surface area contributed by atoms with E-state index >= 15 is 0 Å². The number of aliphatic imine (C=N–C) groups is 1. The smallest absolute Gasteiger partial charge is 0.313 e. The first-order chi connectivity index (χ1) is 8.57. The molecule has 0 aromatic heterocycles. The molecular weight excluding hydrogens is 228 g/mol. The van der Waals surface area contributed by atoms with Crippen LogP contribution in [0.1, 0.15) is 24.0 Å². The van der Waals surface area contributed by atoms with Crippen molar-refractivity contribution >= 4 is 12.2 Å². The van der Waals surface area contributed by atoms with Crippen molar-refractivity contribution in [2.75, 3.05) is 0 Å². The number of carboxylic acid groups (broad SMARTS) is 1. The Hall–Kier alpha value is -2.41. The molecule has 0 saturated carbocycles. The van der Waals surface area contributed by atoms with Gasteiger partial charge in [-0.3, -0.25) is 9.79 Å². The molecule has 1 aromatic rings. The molecule has 0 radical (unpaired) electrons. The van der Waals surface area contributed by atoms with Gasteiger partial charge in [-0.15, -0.1) is 0 Å². The fourth-order valence-corrected chi connectivity index (χ4v) is 2.17. The molecule has 1 aliphatic rings. The zero-order chi connectivity index (χ0) is 13.2. The fourth-order valence-electron chi connectivity index (χ4n) is 2.17. The van der Waals surface area contributed by atoms with Gasteiger partial charge in [0.05, 0.1) is 17.2 Å². The van der Waals surface area contributed by atoms with E-state index in [-0.39, 0.29) is 0 Å². The minimum Gasteiger partial charge on any atom is -0.481 e. The second kappa shape index (κ2) is 4.46. The van der Waals surface area contributed by atoms with E-state index in [4.69, 9.17) is 5.26 Å². The summed E-state index contributed by atoms with van der Waals surface area (Å²) in [7, 11) is 0. The van der Waals surface area contributed by atoms with Crippen molar-refractivity contribution in [3.8, 4) is 6.07 Å². The van der Waals surface area contributed by atoms with E-state index in [1.54, 1.807) is 49.6 Å². The minimum atomic E-state index is -0.948. The van der Waals surface area contributed by atoms with Crippen molar-refractivity contribution in [3.05, 3.63) is 47.5 Å². The molecule has 90 valence electrons. The molecule has 0 fully saturated rings. The number of carbonyl (C=O) groups is 1. The van der Waals surface area contributed by atoms with Crippen molar-refractivity contribution in [3.63, 3.8) is 0 Å². The van der Waals surface area contributed by atoms with Crippen molar-refractivity contribution < 1.29 is 9.90 Å². The summed E-state index contributed by atoms with van der Waals surface area (Å²) in [6.07, 6.45) is 5.11. The highest BCUT2D eigenvalue weighted by Crippen LogP contribution is 2.35. The summed E-state index contributed by atoms with van der Waals surface area (Å²) in [4.78, 5) is 15.7. The molecule has 0 saturated heterocycles. The number of nitriles is 1. The van der Waals surface area contributed by atoms with E-state index in [2.05, 4.69) is 4.99 Å². The van der Waals surface area contributed by atoms with Gasteiger partial charge in [0.1, 0.15) is 5.92 Å². The highest BCUT2D eigenvalue weighted by atomic mass is 16.4. The van der Waals surface area contributed by atoms with Gasteiger partial charge in [-0.1, -0.05) is 18.2 Å². The van der Waals surface area contributed by atoms with Gasteiger partial charge in [0, 0.05) is 6.21 Å². The molecule has 2 atom stereocenters. The molecule has 18 heavy (non-hydrogen) atoms. The largest absolute Gasteiger partial charge is 0.481 e. The number of nitrogens with zero attached hydrogens (tertiary/aromatic N) is 2. The lowest BCUT2D eigenvalue weighted by molar-refractivity contribution is -0.139. The van der Waals surface area contributed by atoms with Crippen LogP contribution >= 0.6 is 0 Å². The maximum Gasteiger partial charge on any atom is 0.313 e. The third kappa shape index (κ3) is 2.03. The van der Waals surface area contributed by atoms with E-state index in [0.717, 1.165) is 0 Å². The van der Waals surface area contributed by atoms with Crippen LogP contribution < -0.4 is 0 Å². The topological polar surface area (TPSA) is 73.4 Å². The molecule has 0 bridgehead atoms. The lowest BCUT2D eigenvalue weighted by Gasteiger charge is -2.27. The van der Waals surface area contributed by atoms with Crippen LogP contribution in [-0.2, 0) is 4.79 Å². The maximum atomic E-state index is 11.5. The molecule has 2 unspecified atom stereocenters. The lowest BCUT2D eigenvalue weighted by Crippen LogP contribution is -2.33. The Morgan fingerprint density at radius 3 is 2.89 bits per heavy atom. The van der Waals surface area contributed by atoms with Gasteiger partial charge in [0.25, 0.3) is 0 Å². The van der Waals surface area contributed by atoms with Gasteiger partial charge in [-0.2, -0.15) is 5.26 Å². The third-order valence-corrected chi connectivity index (χ3v) is 3.05. The van der Waals surface area contributed by atoms with Crippen LogP contribution in [0.25, 0.3) is 0 Å². The second-order valence-electron chi connectivity index (χ2n) is 4.37. The van der Waals surface area contributed by atoms with Crippen LogP contribution in [0.2, 0.25) is 0 Å². The Balaban J connectivity index is 2.49. The van der Waals surface area contributed by atoms with Crippen LogP contribution in [0.15, 0.2) is 41.4 Å². The highest BCUT2D eigenvalue weighted by molar-refractivity contribution is 5.83. The predicted molar refractivity (Wildman–Crippen MR) is 67.6 cm³/mol. The van der Waals surface area contributed by atoms with E-state index in [0.29, 0.717) is 11.1 Å². The average molecular weight is 240 g/mol. The molecule has 1 heterocycles. The van der Waals surface area contributed by atoms with Crippen LogP contribution in [0.3, 0.4) is 0 Å². The predicted octanol–water partition coefficient (Wildman–Crippen LogP) is 2.13. The lowest BCUT2D eigenvalue weighted by atomic mass is 9.81. The normalized spacial score (nSPS) is 22.7. The summed E-state index contributed by atoms with van der Waals surface area (Å²) in [5.74, 6) is -1.74. The van der Waals surface area contributed by atoms with E-state index < -0.39 is 17.4 Å². The number of aliphatic carboxylic acids is 1. The molecule has 4 nitrogen and oxygen atoms in total. The Labute approximate surface area is 105 Å². The number of allylic oxidation sites excluding steroid dienone is 1. The van der Waals surface area contributed by atoms with Crippen LogP contribution in [0.4, 0.5) is 0 Å². The molecule has 1 aliphatic heterocycles. The standard InChI is InChI=1S/C14H12N2O2/c1-14(6-3-7-16-14)12(13(17)18)11-5-2-4-10(8-11)9-15/h2-8,12H,1H3,(H,17,18). The molecule has 0 spiro atoms. The minimum absolute atomic E-state index is 0.452. The van der Waals surface area contributed by atoms with Crippen LogP contribution in [0, 0.1) is 11.3 Å². The monoisotopic (exact) mass is 240 g/mol. The number of hydrogen-bond acceptors (Lipinski definition) is 3. The molecular formula is C14H12N2O2.